The Morgan fingerprint density at radius 3 is 2.60 bits per heavy atom. The van der Waals surface area contributed by atoms with Crippen LogP contribution < -0.4 is 19.1 Å². The number of aromatic nitrogens is 1. The third-order valence-electron chi connectivity index (χ3n) is 6.77. The number of benzene rings is 3. The Labute approximate surface area is 245 Å². The first-order valence-corrected chi connectivity index (χ1v) is 15.2. The normalized spacial score (nSPS) is 14.7. The van der Waals surface area contributed by atoms with Crippen LogP contribution in [0.15, 0.2) is 77.1 Å². The maximum absolute atomic E-state index is 15.7. The first kappa shape index (κ1) is 28.4. The zero-order chi connectivity index (χ0) is 28.1. The fraction of sp³-hybridized carbons (Fsp3) is 0.276. The predicted octanol–water partition coefficient (Wildman–Crippen LogP) is 6.54. The molecule has 0 bridgehead atoms. The largest absolute Gasteiger partial charge is 0.497 e. The van der Waals surface area contributed by atoms with Gasteiger partial charge in [0.25, 0.3) is 0 Å². The molecule has 1 N–H and O–H groups in total. The Morgan fingerprint density at radius 2 is 1.95 bits per heavy atom. The van der Waals surface area contributed by atoms with Gasteiger partial charge in [0.05, 0.1) is 42.4 Å². The molecule has 1 saturated heterocycles. The van der Waals surface area contributed by atoms with E-state index in [1.54, 1.807) is 37.9 Å². The molecule has 1 aliphatic heterocycles. The highest BCUT2D eigenvalue weighted by atomic mass is 35.5. The third kappa shape index (κ3) is 6.41. The topological polar surface area (TPSA) is 66.9 Å². The highest BCUT2D eigenvalue weighted by Gasteiger charge is 2.26. The summed E-state index contributed by atoms with van der Waals surface area (Å²) in [6.07, 6.45) is 2.79. The van der Waals surface area contributed by atoms with Gasteiger partial charge in [-0.25, -0.2) is 13.6 Å². The molecule has 0 amide bonds. The molecular formula is C29H30ClFN4O3S2. The zero-order valence-corrected chi connectivity index (χ0v) is 24.6. The summed E-state index contributed by atoms with van der Waals surface area (Å²) in [6, 6.07) is 18.1. The monoisotopic (exact) mass is 600 g/mol. The molecule has 2 unspecified atom stereocenters. The van der Waals surface area contributed by atoms with Gasteiger partial charge in [-0.15, -0.1) is 11.3 Å². The lowest BCUT2D eigenvalue weighted by Crippen LogP contribution is -2.41. The Morgan fingerprint density at radius 1 is 1.15 bits per heavy atom. The van der Waals surface area contributed by atoms with Crippen molar-refractivity contribution in [2.45, 2.75) is 23.9 Å². The molecule has 4 aromatic rings. The molecule has 3 aromatic carbocycles. The van der Waals surface area contributed by atoms with Crippen molar-refractivity contribution in [2.24, 2.45) is 0 Å². The highest BCUT2D eigenvalue weighted by Crippen LogP contribution is 2.35. The minimum absolute atomic E-state index is 0.0303. The van der Waals surface area contributed by atoms with E-state index in [4.69, 9.17) is 21.1 Å². The molecule has 0 saturated carbocycles. The van der Waals surface area contributed by atoms with Crippen molar-refractivity contribution in [2.75, 3.05) is 43.5 Å². The van der Waals surface area contributed by atoms with E-state index in [2.05, 4.69) is 15.2 Å². The van der Waals surface area contributed by atoms with Crippen LogP contribution >= 0.6 is 22.9 Å². The van der Waals surface area contributed by atoms with Gasteiger partial charge in [-0.1, -0.05) is 41.9 Å². The summed E-state index contributed by atoms with van der Waals surface area (Å²) >= 11 is 8.00. The molecule has 0 radical (unpaired) electrons. The van der Waals surface area contributed by atoms with Crippen LogP contribution in [0.25, 0.3) is 0 Å². The Bertz CT molecular complexity index is 1460. The fourth-order valence-corrected chi connectivity index (χ4v) is 6.78. The van der Waals surface area contributed by atoms with Gasteiger partial charge in [-0.2, -0.15) is 0 Å². The lowest BCUT2D eigenvalue weighted by Gasteiger charge is -2.35. The van der Waals surface area contributed by atoms with Crippen LogP contribution in [0.1, 0.15) is 23.6 Å². The maximum atomic E-state index is 15.7. The molecule has 0 aliphatic carbocycles. The van der Waals surface area contributed by atoms with Crippen LogP contribution in [0.2, 0.25) is 5.02 Å². The van der Waals surface area contributed by atoms with E-state index in [1.807, 2.05) is 36.4 Å². The van der Waals surface area contributed by atoms with Crippen molar-refractivity contribution in [3.8, 4) is 11.5 Å². The third-order valence-corrected chi connectivity index (χ3v) is 9.39. The molecule has 7 nitrogen and oxygen atoms in total. The molecule has 40 heavy (non-hydrogen) atoms. The molecule has 11 heteroatoms. The van der Waals surface area contributed by atoms with Crippen molar-refractivity contribution in [1.82, 2.24) is 9.88 Å². The summed E-state index contributed by atoms with van der Waals surface area (Å²) < 4.78 is 41.9. The zero-order valence-electron chi connectivity index (χ0n) is 22.2. The van der Waals surface area contributed by atoms with Crippen LogP contribution in [0.4, 0.5) is 15.2 Å². The number of rotatable bonds is 12. The first-order chi connectivity index (χ1) is 19.5. The molecule has 210 valence electrons. The second-order valence-corrected chi connectivity index (χ2v) is 12.0. The number of halogens is 2. The lowest BCUT2D eigenvalue weighted by atomic mass is 10.0. The summed E-state index contributed by atoms with van der Waals surface area (Å²) in [4.78, 5) is 6.66. The van der Waals surface area contributed by atoms with Crippen molar-refractivity contribution in [3.05, 3.63) is 94.2 Å². The van der Waals surface area contributed by atoms with E-state index in [0.29, 0.717) is 22.3 Å². The van der Waals surface area contributed by atoms with Gasteiger partial charge in [0.2, 0.25) is 0 Å². The first-order valence-electron chi connectivity index (χ1n) is 12.8. The van der Waals surface area contributed by atoms with Gasteiger partial charge in [0, 0.05) is 29.8 Å². The van der Waals surface area contributed by atoms with E-state index in [9.17, 15) is 4.21 Å². The number of anilines is 2. The highest BCUT2D eigenvalue weighted by molar-refractivity contribution is 7.86. The van der Waals surface area contributed by atoms with Crippen molar-refractivity contribution >= 4 is 44.7 Å². The number of likely N-dealkylation sites (tertiary alicyclic amines) is 1. The van der Waals surface area contributed by atoms with E-state index in [1.165, 1.54) is 34.2 Å². The van der Waals surface area contributed by atoms with E-state index in [0.717, 1.165) is 30.8 Å². The molecule has 1 fully saturated rings. The molecule has 2 heterocycles. The number of ether oxygens (including phenoxy) is 2. The summed E-state index contributed by atoms with van der Waals surface area (Å²) in [5.41, 5.74) is 2.28. The van der Waals surface area contributed by atoms with E-state index in [-0.39, 0.29) is 22.5 Å². The second kappa shape index (κ2) is 13.0. The second-order valence-electron chi connectivity index (χ2n) is 9.30. The quantitative estimate of drug-likeness (QED) is 0.199. The Balaban J connectivity index is 1.43. The van der Waals surface area contributed by atoms with E-state index >= 15 is 4.39 Å². The summed E-state index contributed by atoms with van der Waals surface area (Å²) in [5.74, 6) is 0.570. The van der Waals surface area contributed by atoms with Gasteiger partial charge in [0.1, 0.15) is 17.3 Å². The van der Waals surface area contributed by atoms with Crippen LogP contribution in [-0.4, -0.2) is 47.9 Å². The molecule has 1 aliphatic rings. The minimum Gasteiger partial charge on any atom is -0.497 e. The summed E-state index contributed by atoms with van der Waals surface area (Å²) in [5, 5.41) is 5.97. The van der Waals surface area contributed by atoms with Crippen molar-refractivity contribution in [1.29, 1.82) is 0 Å². The molecule has 2 atom stereocenters. The summed E-state index contributed by atoms with van der Waals surface area (Å²) in [6.45, 7) is 3.01. The van der Waals surface area contributed by atoms with Crippen LogP contribution in [-0.2, 0) is 17.5 Å². The fourth-order valence-electron chi connectivity index (χ4n) is 4.50. The van der Waals surface area contributed by atoms with Gasteiger partial charge in [0.15, 0.2) is 16.1 Å². The van der Waals surface area contributed by atoms with E-state index < -0.39 is 16.8 Å². The van der Waals surface area contributed by atoms with Crippen LogP contribution in [0, 0.1) is 5.82 Å². The van der Waals surface area contributed by atoms with Crippen LogP contribution in [0.5, 0.6) is 11.5 Å². The lowest BCUT2D eigenvalue weighted by molar-refractivity contribution is 0.174. The Hall–Kier alpha value is -3.18. The number of hydrogen-bond acceptors (Lipinski definition) is 7. The van der Waals surface area contributed by atoms with Gasteiger partial charge in [-0.05, 0) is 49.3 Å². The number of methoxy groups -OCH3 is 2. The molecule has 5 rings (SSSR count). The minimum atomic E-state index is -1.95. The predicted molar refractivity (Wildman–Crippen MR) is 160 cm³/mol. The van der Waals surface area contributed by atoms with Gasteiger partial charge < -0.3 is 19.7 Å². The number of thiazole rings is 1. The summed E-state index contributed by atoms with van der Waals surface area (Å²) in [7, 11) is 1.18. The van der Waals surface area contributed by atoms with Crippen LogP contribution in [0.3, 0.4) is 0 Å². The standard InChI is InChI=1S/C29H30ClFN4O3S2/c1-37-22-10-9-21(27(15-22)38-2)18-35(29-32-11-14-39-29)40(36)28-16-23(30)25(17-24(28)31)33-26(19-34-12-6-13-34)20-7-4-3-5-8-20/h3-5,7-11,14-17,26,33H,6,12-13,18-19H2,1-2H3. The number of hydrogen-bond donors (Lipinski definition) is 1. The van der Waals surface area contributed by atoms with Crippen molar-refractivity contribution in [3.63, 3.8) is 0 Å². The number of nitrogens with one attached hydrogen (secondary N) is 1. The SMILES string of the molecule is COc1ccc(CN(c2nccs2)S(=O)c2cc(Cl)c(NC(CN3CCC3)c3ccccc3)cc2F)c(OC)c1. The average molecular weight is 601 g/mol. The molecular weight excluding hydrogens is 571 g/mol. The maximum Gasteiger partial charge on any atom is 0.197 e. The van der Waals surface area contributed by atoms with Gasteiger partial charge in [-0.3, -0.25) is 4.31 Å². The molecule has 1 aromatic heterocycles. The smallest absolute Gasteiger partial charge is 0.197 e. The molecule has 0 spiro atoms. The van der Waals surface area contributed by atoms with Crippen molar-refractivity contribution < 1.29 is 18.1 Å². The average Bonchev–Trinajstić information content (AvgIpc) is 3.49. The Kier molecular flexibility index (Phi) is 9.21. The van der Waals surface area contributed by atoms with Gasteiger partial charge >= 0.3 is 0 Å². The number of nitrogens with zero attached hydrogens (tertiary/aromatic N) is 3.